The topological polar surface area (TPSA) is 64.5 Å². The molecule has 0 aliphatic rings. The number of nitrogens with zero attached hydrogens (tertiary/aromatic N) is 5. The van der Waals surface area contributed by atoms with Crippen LogP contribution in [-0.4, -0.2) is 24.9 Å². The summed E-state index contributed by atoms with van der Waals surface area (Å²) in [5.41, 5.74) is 6.65. The van der Waals surface area contributed by atoms with E-state index in [0.717, 1.165) is 26.6 Å². The molecule has 0 unspecified atom stereocenters. The maximum Gasteiger partial charge on any atom is 0.190 e. The average Bonchev–Trinajstić information content (AvgIpc) is 3.05. The van der Waals surface area contributed by atoms with Crippen LogP contribution in [0.5, 0.6) is 0 Å². The first kappa shape index (κ1) is 9.98. The lowest BCUT2D eigenvalue weighted by atomic mass is 10.3. The zero-order valence-electron chi connectivity index (χ0n) is 8.94. The normalized spacial score (nSPS) is 11.3. The number of fused-ring (bicyclic) bond motifs is 2. The first-order valence-corrected chi connectivity index (χ1v) is 6.93. The molecule has 0 radical (unpaired) electrons. The molecule has 0 aliphatic heterocycles. The van der Waals surface area contributed by atoms with E-state index < -0.39 is 0 Å². The van der Waals surface area contributed by atoms with Crippen LogP contribution >= 0.6 is 22.7 Å². The third kappa shape index (κ3) is 1.48. The Morgan fingerprint density at radius 2 is 1.67 bits per heavy atom. The molecule has 7 heteroatoms. The van der Waals surface area contributed by atoms with Crippen molar-refractivity contribution < 1.29 is 0 Å². The van der Waals surface area contributed by atoms with Gasteiger partial charge in [0, 0.05) is 0 Å². The Balaban J connectivity index is 1.93. The third-order valence-electron chi connectivity index (χ3n) is 2.52. The summed E-state index contributed by atoms with van der Waals surface area (Å²) in [5, 5.41) is 0. The van der Waals surface area contributed by atoms with Crippen molar-refractivity contribution in [3.63, 3.8) is 0 Å². The second-order valence-electron chi connectivity index (χ2n) is 3.61. The number of aromatic nitrogens is 5. The summed E-state index contributed by atoms with van der Waals surface area (Å²) in [6.45, 7) is 0. The van der Waals surface area contributed by atoms with Gasteiger partial charge in [-0.05, 0) is 12.1 Å². The van der Waals surface area contributed by atoms with Gasteiger partial charge in [0.05, 0.1) is 28.4 Å². The van der Waals surface area contributed by atoms with Crippen LogP contribution in [0.15, 0.2) is 29.4 Å². The molecule has 0 aromatic carbocycles. The quantitative estimate of drug-likeness (QED) is 0.532. The smallest absolute Gasteiger partial charge is 0.190 e. The Kier molecular flexibility index (Phi) is 2.08. The van der Waals surface area contributed by atoms with E-state index >= 15 is 0 Å². The molecule has 86 valence electrons. The van der Waals surface area contributed by atoms with Crippen LogP contribution in [0.2, 0.25) is 0 Å². The van der Waals surface area contributed by atoms with E-state index in [1.165, 1.54) is 22.7 Å². The van der Waals surface area contributed by atoms with Crippen LogP contribution in [0.25, 0.3) is 32.2 Å². The minimum atomic E-state index is 0.670. The van der Waals surface area contributed by atoms with Gasteiger partial charge in [0.15, 0.2) is 10.5 Å². The molecule has 5 nitrogen and oxygen atoms in total. The van der Waals surface area contributed by atoms with Crippen molar-refractivity contribution in [2.45, 2.75) is 0 Å². The summed E-state index contributed by atoms with van der Waals surface area (Å²) in [7, 11) is 0. The van der Waals surface area contributed by atoms with Crippen LogP contribution in [-0.2, 0) is 0 Å². The van der Waals surface area contributed by atoms with Crippen LogP contribution in [0.3, 0.4) is 0 Å². The highest BCUT2D eigenvalue weighted by molar-refractivity contribution is 7.16. The van der Waals surface area contributed by atoms with Gasteiger partial charge >= 0.3 is 0 Å². The van der Waals surface area contributed by atoms with Crippen molar-refractivity contribution >= 4 is 43.5 Å². The fraction of sp³-hybridized carbons (Fsp3) is 0. The molecule has 4 aromatic heterocycles. The molecule has 4 aromatic rings. The molecule has 0 saturated carbocycles. The van der Waals surface area contributed by atoms with Gasteiger partial charge in [-0.1, -0.05) is 0 Å². The predicted octanol–water partition coefficient (Wildman–Crippen LogP) is 2.76. The van der Waals surface area contributed by atoms with Gasteiger partial charge in [0.1, 0.15) is 10.5 Å². The molecule has 0 amide bonds. The van der Waals surface area contributed by atoms with Crippen LogP contribution < -0.4 is 0 Å². The fourth-order valence-electron chi connectivity index (χ4n) is 1.68. The van der Waals surface area contributed by atoms with Gasteiger partial charge in [-0.15, -0.1) is 22.7 Å². The molecular formula is C11H5N5S2. The molecule has 0 N–H and O–H groups in total. The van der Waals surface area contributed by atoms with Crippen molar-refractivity contribution in [3.8, 4) is 11.4 Å². The van der Waals surface area contributed by atoms with Crippen LogP contribution in [0.4, 0.5) is 0 Å². The fourth-order valence-corrected chi connectivity index (χ4v) is 2.91. The molecule has 4 rings (SSSR count). The van der Waals surface area contributed by atoms with Gasteiger partial charge in [-0.25, -0.2) is 24.9 Å². The maximum absolute atomic E-state index is 4.53. The van der Waals surface area contributed by atoms with Gasteiger partial charge < -0.3 is 0 Å². The van der Waals surface area contributed by atoms with E-state index in [1.807, 2.05) is 12.1 Å². The standard InChI is InChI=1S/C11H5N5S2/c1-2-7-10(17-4-13-7)16-6(1)8-3-12-11-9(15-8)14-5-18-11/h1-5H. The minimum absolute atomic E-state index is 0.670. The molecule has 0 bridgehead atoms. The molecule has 0 fully saturated rings. The molecular weight excluding hydrogens is 266 g/mol. The summed E-state index contributed by atoms with van der Waals surface area (Å²) < 4.78 is 0. The Morgan fingerprint density at radius 3 is 2.67 bits per heavy atom. The second-order valence-corrected chi connectivity index (χ2v) is 5.28. The van der Waals surface area contributed by atoms with Gasteiger partial charge in [-0.3, -0.25) is 0 Å². The van der Waals surface area contributed by atoms with Crippen LogP contribution in [0.1, 0.15) is 0 Å². The van der Waals surface area contributed by atoms with E-state index in [9.17, 15) is 0 Å². The lowest BCUT2D eigenvalue weighted by Crippen LogP contribution is -1.89. The monoisotopic (exact) mass is 271 g/mol. The maximum atomic E-state index is 4.53. The molecule has 0 saturated heterocycles. The highest BCUT2D eigenvalue weighted by atomic mass is 32.1. The Hall–Kier alpha value is -1.99. The Labute approximate surface area is 109 Å². The first-order valence-electron chi connectivity index (χ1n) is 5.17. The van der Waals surface area contributed by atoms with Gasteiger partial charge in [0.25, 0.3) is 0 Å². The summed E-state index contributed by atoms with van der Waals surface area (Å²) in [5.74, 6) is 0. The highest BCUT2D eigenvalue weighted by Crippen LogP contribution is 2.22. The molecule has 18 heavy (non-hydrogen) atoms. The van der Waals surface area contributed by atoms with Gasteiger partial charge in [-0.2, -0.15) is 0 Å². The van der Waals surface area contributed by atoms with E-state index in [2.05, 4.69) is 24.9 Å². The lowest BCUT2D eigenvalue weighted by molar-refractivity contribution is 1.24. The predicted molar refractivity (Wildman–Crippen MR) is 71.6 cm³/mol. The Bertz CT molecular complexity index is 779. The summed E-state index contributed by atoms with van der Waals surface area (Å²) in [6, 6.07) is 3.85. The SMILES string of the molecule is c1nc2ccc(-c3cnc4scnc4n3)nc2s1. The zero-order valence-corrected chi connectivity index (χ0v) is 10.6. The summed E-state index contributed by atoms with van der Waals surface area (Å²) >= 11 is 3.00. The summed E-state index contributed by atoms with van der Waals surface area (Å²) in [6.07, 6.45) is 1.73. The number of rotatable bonds is 1. The zero-order chi connectivity index (χ0) is 11.9. The molecule has 0 spiro atoms. The number of hydrogen-bond donors (Lipinski definition) is 0. The first-order chi connectivity index (χ1) is 8.90. The highest BCUT2D eigenvalue weighted by Gasteiger charge is 2.07. The van der Waals surface area contributed by atoms with Crippen molar-refractivity contribution in [1.29, 1.82) is 0 Å². The average molecular weight is 271 g/mol. The number of pyridine rings is 1. The van der Waals surface area contributed by atoms with Crippen molar-refractivity contribution in [2.24, 2.45) is 0 Å². The lowest BCUT2D eigenvalue weighted by Gasteiger charge is -1.98. The van der Waals surface area contributed by atoms with Crippen LogP contribution in [0, 0.1) is 0 Å². The third-order valence-corrected chi connectivity index (χ3v) is 3.98. The van der Waals surface area contributed by atoms with Crippen molar-refractivity contribution in [3.05, 3.63) is 29.4 Å². The largest absolute Gasteiger partial charge is 0.243 e. The van der Waals surface area contributed by atoms with E-state index in [4.69, 9.17) is 0 Å². The Morgan fingerprint density at radius 1 is 0.778 bits per heavy atom. The molecule has 0 atom stereocenters. The number of thiazole rings is 2. The van der Waals surface area contributed by atoms with Crippen molar-refractivity contribution in [1.82, 2.24) is 24.9 Å². The van der Waals surface area contributed by atoms with E-state index in [0.29, 0.717) is 5.65 Å². The second kappa shape index (κ2) is 3.76. The number of hydrogen-bond acceptors (Lipinski definition) is 7. The minimum Gasteiger partial charge on any atom is -0.243 e. The molecule has 0 aliphatic carbocycles. The van der Waals surface area contributed by atoms with E-state index in [-0.39, 0.29) is 0 Å². The van der Waals surface area contributed by atoms with Gasteiger partial charge in [0.2, 0.25) is 0 Å². The van der Waals surface area contributed by atoms with E-state index in [1.54, 1.807) is 17.2 Å². The summed E-state index contributed by atoms with van der Waals surface area (Å²) in [4.78, 5) is 23.4. The molecule has 4 heterocycles. The van der Waals surface area contributed by atoms with Crippen molar-refractivity contribution in [2.75, 3.05) is 0 Å².